The highest BCUT2D eigenvalue weighted by Gasteiger charge is 2.28. The zero-order chi connectivity index (χ0) is 25.2. The number of amides is 1. The fourth-order valence-corrected chi connectivity index (χ4v) is 6.46. The van der Waals surface area contributed by atoms with Crippen LogP contribution in [0, 0.1) is 20.8 Å². The average Bonchev–Trinajstić information content (AvgIpc) is 3.40. The highest BCUT2D eigenvalue weighted by atomic mass is 32.1. The van der Waals surface area contributed by atoms with Gasteiger partial charge in [-0.1, -0.05) is 36.8 Å². The molecule has 2 heterocycles. The number of carbonyl (C=O) groups excluding carboxylic acids is 1. The number of aromatic nitrogens is 1. The second-order valence-electron chi connectivity index (χ2n) is 9.65. The lowest BCUT2D eigenvalue weighted by Crippen LogP contribution is -2.17. The molecule has 2 aromatic carbocycles. The zero-order valence-corrected chi connectivity index (χ0v) is 22.3. The molecule has 0 unspecified atom stereocenters. The van der Waals surface area contributed by atoms with Crippen LogP contribution in [0.4, 0.5) is 11.4 Å². The van der Waals surface area contributed by atoms with Gasteiger partial charge < -0.3 is 9.88 Å². The van der Waals surface area contributed by atoms with Crippen molar-refractivity contribution < 1.29 is 4.79 Å². The molecule has 184 valence electrons. The molecule has 2 aromatic heterocycles. The van der Waals surface area contributed by atoms with Gasteiger partial charge in [-0.3, -0.25) is 9.79 Å². The van der Waals surface area contributed by atoms with Gasteiger partial charge in [0.2, 0.25) is 0 Å². The molecule has 1 aliphatic rings. The van der Waals surface area contributed by atoms with Crippen molar-refractivity contribution in [1.82, 2.24) is 4.57 Å². The number of hydrogen-bond donors (Lipinski definition) is 1. The van der Waals surface area contributed by atoms with E-state index in [2.05, 4.69) is 67.9 Å². The van der Waals surface area contributed by atoms with E-state index in [1.807, 2.05) is 30.5 Å². The third-order valence-corrected chi connectivity index (χ3v) is 8.34. The van der Waals surface area contributed by atoms with Crippen LogP contribution in [0.1, 0.15) is 68.6 Å². The van der Waals surface area contributed by atoms with E-state index < -0.39 is 0 Å². The van der Waals surface area contributed by atoms with Gasteiger partial charge >= 0.3 is 0 Å². The number of hydrogen-bond acceptors (Lipinski definition) is 3. The number of nitrogens with one attached hydrogen (secondary N) is 1. The number of nitrogens with zero attached hydrogens (tertiary/aromatic N) is 2. The molecule has 0 aliphatic heterocycles. The number of fused-ring (bicyclic) bond motifs is 1. The monoisotopic (exact) mass is 495 g/mol. The quantitative estimate of drug-likeness (QED) is 0.271. The first kappa shape index (κ1) is 24.3. The smallest absolute Gasteiger partial charge is 0.258 e. The number of carbonyl (C=O) groups is 1. The van der Waals surface area contributed by atoms with Crippen LogP contribution in [-0.2, 0) is 19.3 Å². The van der Waals surface area contributed by atoms with Gasteiger partial charge in [-0.05, 0) is 94.3 Å². The minimum Gasteiger partial charge on any atom is -0.322 e. The van der Waals surface area contributed by atoms with Crippen molar-refractivity contribution >= 4 is 34.8 Å². The van der Waals surface area contributed by atoms with Crippen molar-refractivity contribution in [3.8, 4) is 5.00 Å². The molecule has 4 aromatic rings. The molecule has 1 aliphatic carbocycles. The normalized spacial score (nSPS) is 13.2. The molecular formula is C31H33N3OS. The van der Waals surface area contributed by atoms with Crippen LogP contribution in [0.3, 0.4) is 0 Å². The van der Waals surface area contributed by atoms with Gasteiger partial charge in [-0.15, -0.1) is 11.3 Å². The van der Waals surface area contributed by atoms with E-state index >= 15 is 0 Å². The summed E-state index contributed by atoms with van der Waals surface area (Å²) in [6.45, 7) is 8.44. The predicted octanol–water partition coefficient (Wildman–Crippen LogP) is 7.91. The van der Waals surface area contributed by atoms with Crippen LogP contribution < -0.4 is 5.32 Å². The van der Waals surface area contributed by atoms with Crippen molar-refractivity contribution in [2.24, 2.45) is 4.99 Å². The molecule has 1 amide bonds. The Bertz CT molecular complexity index is 1420. The van der Waals surface area contributed by atoms with E-state index in [-0.39, 0.29) is 5.91 Å². The fraction of sp³-hybridized carbons (Fsp3) is 0.290. The Labute approximate surface area is 217 Å². The van der Waals surface area contributed by atoms with E-state index in [4.69, 9.17) is 4.99 Å². The van der Waals surface area contributed by atoms with Crippen molar-refractivity contribution in [1.29, 1.82) is 0 Å². The fourth-order valence-electron chi connectivity index (χ4n) is 4.97. The average molecular weight is 496 g/mol. The summed E-state index contributed by atoms with van der Waals surface area (Å²) >= 11 is 1.77. The second-order valence-corrected chi connectivity index (χ2v) is 10.7. The summed E-state index contributed by atoms with van der Waals surface area (Å²) in [4.78, 5) is 19.8. The first-order valence-corrected chi connectivity index (χ1v) is 13.6. The first-order valence-electron chi connectivity index (χ1n) is 12.8. The maximum atomic E-state index is 13.7. The molecule has 0 bridgehead atoms. The van der Waals surface area contributed by atoms with Gasteiger partial charge in [0.05, 0.1) is 11.3 Å². The third-order valence-electron chi connectivity index (χ3n) is 7.06. The van der Waals surface area contributed by atoms with Gasteiger partial charge in [0.15, 0.2) is 0 Å². The largest absolute Gasteiger partial charge is 0.322 e. The highest BCUT2D eigenvalue weighted by molar-refractivity contribution is 7.15. The van der Waals surface area contributed by atoms with E-state index in [9.17, 15) is 4.79 Å². The number of aryl methyl sites for hydroxylation is 4. The summed E-state index contributed by atoms with van der Waals surface area (Å²) in [5.41, 5.74) is 9.60. The molecule has 1 N–H and O–H groups in total. The standard InChI is InChI=1S/C31H33N3OS/c1-5-23-12-16-25(17-13-23)32-19-24-18-21(3)34(22(24)4)31-29(27-8-6-7-9-28(27)36-31)30(35)33-26-14-10-20(2)11-15-26/h10-19H,5-9H2,1-4H3,(H,33,35). The van der Waals surface area contributed by atoms with Crippen molar-refractivity contribution in [2.45, 2.75) is 59.8 Å². The maximum Gasteiger partial charge on any atom is 0.258 e. The number of benzene rings is 2. The number of aliphatic imine (C=N–C) groups is 1. The van der Waals surface area contributed by atoms with E-state index in [1.165, 1.54) is 28.0 Å². The molecule has 0 radical (unpaired) electrons. The van der Waals surface area contributed by atoms with Crippen LogP contribution in [0.15, 0.2) is 59.6 Å². The topological polar surface area (TPSA) is 46.4 Å². The molecule has 0 spiro atoms. The van der Waals surface area contributed by atoms with Crippen LogP contribution in [0.25, 0.3) is 5.00 Å². The van der Waals surface area contributed by atoms with Crippen molar-refractivity contribution in [3.05, 3.63) is 98.7 Å². The summed E-state index contributed by atoms with van der Waals surface area (Å²) in [5, 5.41) is 4.18. The Morgan fingerprint density at radius 1 is 1.03 bits per heavy atom. The third kappa shape index (κ3) is 4.80. The van der Waals surface area contributed by atoms with Gasteiger partial charge in [0.25, 0.3) is 5.91 Å². The van der Waals surface area contributed by atoms with E-state index in [0.717, 1.165) is 64.6 Å². The summed E-state index contributed by atoms with van der Waals surface area (Å²) < 4.78 is 2.24. The van der Waals surface area contributed by atoms with Crippen molar-refractivity contribution in [2.75, 3.05) is 5.32 Å². The van der Waals surface area contributed by atoms with Crippen molar-refractivity contribution in [3.63, 3.8) is 0 Å². The molecule has 0 saturated carbocycles. The minimum atomic E-state index is -0.0213. The number of rotatable bonds is 6. The molecule has 0 fully saturated rings. The Kier molecular flexibility index (Phi) is 6.92. The summed E-state index contributed by atoms with van der Waals surface area (Å²) in [7, 11) is 0. The molecule has 5 rings (SSSR count). The van der Waals surface area contributed by atoms with Crippen LogP contribution >= 0.6 is 11.3 Å². The summed E-state index contributed by atoms with van der Waals surface area (Å²) in [6, 6.07) is 18.6. The highest BCUT2D eigenvalue weighted by Crippen LogP contribution is 2.39. The molecular weight excluding hydrogens is 462 g/mol. The van der Waals surface area contributed by atoms with Gasteiger partial charge in [-0.25, -0.2) is 0 Å². The van der Waals surface area contributed by atoms with Crippen LogP contribution in [0.2, 0.25) is 0 Å². The summed E-state index contributed by atoms with van der Waals surface area (Å²) in [6.07, 6.45) is 7.29. The SMILES string of the molecule is CCc1ccc(N=Cc2cc(C)n(-c3sc4c(c3C(=O)Nc3ccc(C)cc3)CCCC4)c2C)cc1. The van der Waals surface area contributed by atoms with Crippen LogP contribution in [0.5, 0.6) is 0 Å². The molecule has 4 nitrogen and oxygen atoms in total. The lowest BCUT2D eigenvalue weighted by molar-refractivity contribution is 0.102. The van der Waals surface area contributed by atoms with Gasteiger partial charge in [0, 0.05) is 33.7 Å². The minimum absolute atomic E-state index is 0.0213. The van der Waals surface area contributed by atoms with Crippen LogP contribution in [-0.4, -0.2) is 16.7 Å². The van der Waals surface area contributed by atoms with Gasteiger partial charge in [0.1, 0.15) is 5.00 Å². The number of thiophene rings is 1. The van der Waals surface area contributed by atoms with E-state index in [0.29, 0.717) is 0 Å². The van der Waals surface area contributed by atoms with E-state index in [1.54, 1.807) is 11.3 Å². The first-order chi connectivity index (χ1) is 17.4. The van der Waals surface area contributed by atoms with Gasteiger partial charge in [-0.2, -0.15) is 0 Å². The maximum absolute atomic E-state index is 13.7. The lowest BCUT2D eigenvalue weighted by atomic mass is 9.95. The number of anilines is 1. The zero-order valence-electron chi connectivity index (χ0n) is 21.5. The molecule has 36 heavy (non-hydrogen) atoms. The summed E-state index contributed by atoms with van der Waals surface area (Å²) in [5.74, 6) is -0.0213. The molecule has 5 heteroatoms. The Hall–Kier alpha value is -3.44. The Morgan fingerprint density at radius 2 is 1.75 bits per heavy atom. The predicted molar refractivity (Wildman–Crippen MR) is 152 cm³/mol. The lowest BCUT2D eigenvalue weighted by Gasteiger charge is -2.14. The molecule has 0 saturated heterocycles. The Morgan fingerprint density at radius 3 is 2.47 bits per heavy atom. The Balaban J connectivity index is 1.52. The second kappa shape index (κ2) is 10.3. The molecule has 0 atom stereocenters.